The van der Waals surface area contributed by atoms with Gasteiger partial charge in [0.25, 0.3) is 5.91 Å². The normalized spacial score (nSPS) is 10.8. The third kappa shape index (κ3) is 3.59. The Morgan fingerprint density at radius 3 is 2.79 bits per heavy atom. The molecule has 5 nitrogen and oxygen atoms in total. The van der Waals surface area contributed by atoms with E-state index in [0.717, 1.165) is 32.2 Å². The summed E-state index contributed by atoms with van der Waals surface area (Å²) in [5.74, 6) is 0.392. The molecule has 0 atom stereocenters. The van der Waals surface area contributed by atoms with Crippen LogP contribution in [0.2, 0.25) is 0 Å². The highest BCUT2D eigenvalue weighted by Gasteiger charge is 2.14. The molecule has 6 heteroatoms. The molecule has 0 saturated heterocycles. The number of rotatable bonds is 5. The predicted molar refractivity (Wildman–Crippen MR) is 113 cm³/mol. The molecule has 2 aromatic heterocycles. The number of hydrogen-bond donors (Lipinski definition) is 1. The number of anilines is 1. The molecule has 1 amide bonds. The minimum atomic E-state index is -0.191. The van der Waals surface area contributed by atoms with Gasteiger partial charge in [0.05, 0.1) is 12.2 Å². The fourth-order valence-electron chi connectivity index (χ4n) is 2.96. The third-order valence-electron chi connectivity index (χ3n) is 4.32. The van der Waals surface area contributed by atoms with Gasteiger partial charge in [0.2, 0.25) is 0 Å². The number of carbonyl (C=O) groups is 1. The Morgan fingerprint density at radius 1 is 1.14 bits per heavy atom. The van der Waals surface area contributed by atoms with Crippen LogP contribution in [0.3, 0.4) is 0 Å². The van der Waals surface area contributed by atoms with E-state index in [1.54, 1.807) is 29.7 Å². The van der Waals surface area contributed by atoms with Crippen LogP contribution in [0, 0.1) is 6.92 Å². The Labute approximate surface area is 167 Å². The lowest BCUT2D eigenvalue weighted by molar-refractivity contribution is 0.102. The molecular formula is C22H19N3O2S. The molecule has 0 unspecified atom stereocenters. The summed E-state index contributed by atoms with van der Waals surface area (Å²) in [4.78, 5) is 22.6. The van der Waals surface area contributed by atoms with Crippen LogP contribution in [-0.2, 0) is 0 Å². The van der Waals surface area contributed by atoms with Crippen molar-refractivity contribution in [3.8, 4) is 16.3 Å². The number of carbonyl (C=O) groups excluding carboxylic acids is 1. The zero-order chi connectivity index (χ0) is 19.5. The van der Waals surface area contributed by atoms with Gasteiger partial charge in [-0.25, -0.2) is 9.97 Å². The van der Waals surface area contributed by atoms with E-state index in [4.69, 9.17) is 4.74 Å². The molecule has 140 valence electrons. The molecule has 0 fully saturated rings. The molecule has 4 rings (SSSR count). The van der Waals surface area contributed by atoms with Crippen LogP contribution >= 0.6 is 11.3 Å². The van der Waals surface area contributed by atoms with Gasteiger partial charge in [0.1, 0.15) is 21.1 Å². The summed E-state index contributed by atoms with van der Waals surface area (Å²) in [5, 5.41) is 3.90. The SMILES string of the molecule is CCOc1ccccc1C(=O)Nc1ccc(-c2nc3cccnc3s2)cc1C. The number of amides is 1. The minimum Gasteiger partial charge on any atom is -0.493 e. The van der Waals surface area contributed by atoms with E-state index >= 15 is 0 Å². The van der Waals surface area contributed by atoms with Gasteiger partial charge < -0.3 is 10.1 Å². The number of ether oxygens (including phenoxy) is 1. The smallest absolute Gasteiger partial charge is 0.259 e. The quantitative estimate of drug-likeness (QED) is 0.502. The van der Waals surface area contributed by atoms with Crippen molar-refractivity contribution in [1.29, 1.82) is 0 Å². The number of pyridine rings is 1. The number of nitrogens with one attached hydrogen (secondary N) is 1. The Balaban J connectivity index is 1.59. The second-order valence-corrected chi connectivity index (χ2v) is 7.24. The zero-order valence-corrected chi connectivity index (χ0v) is 16.4. The van der Waals surface area contributed by atoms with Gasteiger partial charge in [0.15, 0.2) is 0 Å². The number of thiazole rings is 1. The number of benzene rings is 2. The maximum absolute atomic E-state index is 12.7. The lowest BCUT2D eigenvalue weighted by Gasteiger charge is -2.12. The van der Waals surface area contributed by atoms with Crippen LogP contribution in [0.25, 0.3) is 20.9 Å². The van der Waals surface area contributed by atoms with Crippen molar-refractivity contribution in [2.24, 2.45) is 0 Å². The lowest BCUT2D eigenvalue weighted by atomic mass is 10.1. The first kappa shape index (κ1) is 18.1. The average molecular weight is 389 g/mol. The molecule has 2 aromatic carbocycles. The van der Waals surface area contributed by atoms with Gasteiger partial charge in [-0.05, 0) is 61.9 Å². The Kier molecular flexibility index (Phi) is 5.04. The van der Waals surface area contributed by atoms with E-state index in [2.05, 4.69) is 15.3 Å². The highest BCUT2D eigenvalue weighted by Crippen LogP contribution is 2.31. The standard InChI is InChI=1S/C22H19N3O2S/c1-3-27-19-9-5-4-7-16(19)20(26)24-17-11-10-15(13-14(17)2)21-25-18-8-6-12-23-22(18)28-21/h4-13H,3H2,1-2H3,(H,24,26). The molecule has 0 aliphatic rings. The summed E-state index contributed by atoms with van der Waals surface area (Å²) in [6.45, 7) is 4.38. The first-order valence-corrected chi connectivity index (χ1v) is 9.83. The maximum Gasteiger partial charge on any atom is 0.259 e. The van der Waals surface area contributed by atoms with Gasteiger partial charge >= 0.3 is 0 Å². The fourth-order valence-corrected chi connectivity index (χ4v) is 3.86. The third-order valence-corrected chi connectivity index (χ3v) is 5.35. The van der Waals surface area contributed by atoms with Crippen LogP contribution in [0.15, 0.2) is 60.8 Å². The van der Waals surface area contributed by atoms with E-state index in [1.165, 1.54) is 0 Å². The van der Waals surface area contributed by atoms with Crippen LogP contribution in [0.4, 0.5) is 5.69 Å². The van der Waals surface area contributed by atoms with E-state index in [-0.39, 0.29) is 5.91 Å². The molecule has 4 aromatic rings. The van der Waals surface area contributed by atoms with Crippen molar-refractivity contribution in [2.45, 2.75) is 13.8 Å². The summed E-state index contributed by atoms with van der Waals surface area (Å²) < 4.78 is 5.56. The van der Waals surface area contributed by atoms with E-state index in [9.17, 15) is 4.79 Å². The lowest BCUT2D eigenvalue weighted by Crippen LogP contribution is -2.14. The first-order valence-electron chi connectivity index (χ1n) is 9.01. The molecule has 0 aliphatic heterocycles. The highest BCUT2D eigenvalue weighted by molar-refractivity contribution is 7.21. The van der Waals surface area contributed by atoms with Crippen molar-refractivity contribution in [3.63, 3.8) is 0 Å². The van der Waals surface area contributed by atoms with Gasteiger partial charge in [0, 0.05) is 17.4 Å². The average Bonchev–Trinajstić information content (AvgIpc) is 3.14. The number of hydrogen-bond acceptors (Lipinski definition) is 5. The van der Waals surface area contributed by atoms with Crippen LogP contribution in [0.5, 0.6) is 5.75 Å². The van der Waals surface area contributed by atoms with Crippen molar-refractivity contribution >= 4 is 33.3 Å². The molecule has 2 heterocycles. The van der Waals surface area contributed by atoms with Gasteiger partial charge in [-0.3, -0.25) is 4.79 Å². The first-order chi connectivity index (χ1) is 13.7. The highest BCUT2D eigenvalue weighted by atomic mass is 32.1. The minimum absolute atomic E-state index is 0.191. The van der Waals surface area contributed by atoms with Gasteiger partial charge in [-0.1, -0.05) is 23.5 Å². The molecule has 0 spiro atoms. The second kappa shape index (κ2) is 7.78. The molecule has 0 aliphatic carbocycles. The fraction of sp³-hybridized carbons (Fsp3) is 0.136. The van der Waals surface area contributed by atoms with Gasteiger partial charge in [-0.15, -0.1) is 0 Å². The predicted octanol–water partition coefficient (Wildman–Crippen LogP) is 5.32. The summed E-state index contributed by atoms with van der Waals surface area (Å²) in [6, 6.07) is 17.0. The van der Waals surface area contributed by atoms with Crippen molar-refractivity contribution in [3.05, 3.63) is 71.9 Å². The summed E-state index contributed by atoms with van der Waals surface area (Å²) >= 11 is 1.56. The summed E-state index contributed by atoms with van der Waals surface area (Å²) in [5.41, 5.74) is 4.15. The summed E-state index contributed by atoms with van der Waals surface area (Å²) in [7, 11) is 0. The number of para-hydroxylation sites is 1. The number of fused-ring (bicyclic) bond motifs is 1. The molecule has 28 heavy (non-hydrogen) atoms. The van der Waals surface area contributed by atoms with Crippen LogP contribution < -0.4 is 10.1 Å². The molecule has 1 N–H and O–H groups in total. The molecular weight excluding hydrogens is 370 g/mol. The Bertz CT molecular complexity index is 1120. The molecule has 0 radical (unpaired) electrons. The van der Waals surface area contributed by atoms with Crippen LogP contribution in [-0.4, -0.2) is 22.5 Å². The second-order valence-electron chi connectivity index (χ2n) is 6.26. The molecule has 0 bridgehead atoms. The van der Waals surface area contributed by atoms with E-state index in [0.29, 0.717) is 17.9 Å². The van der Waals surface area contributed by atoms with E-state index < -0.39 is 0 Å². The maximum atomic E-state index is 12.7. The number of aryl methyl sites for hydroxylation is 1. The number of aromatic nitrogens is 2. The van der Waals surface area contributed by atoms with Gasteiger partial charge in [-0.2, -0.15) is 0 Å². The Hall–Kier alpha value is -3.25. The Morgan fingerprint density at radius 2 is 2.00 bits per heavy atom. The zero-order valence-electron chi connectivity index (χ0n) is 15.6. The number of nitrogens with zero attached hydrogens (tertiary/aromatic N) is 2. The van der Waals surface area contributed by atoms with Crippen molar-refractivity contribution in [1.82, 2.24) is 9.97 Å². The van der Waals surface area contributed by atoms with Crippen molar-refractivity contribution < 1.29 is 9.53 Å². The summed E-state index contributed by atoms with van der Waals surface area (Å²) in [6.07, 6.45) is 1.77. The van der Waals surface area contributed by atoms with Crippen LogP contribution in [0.1, 0.15) is 22.8 Å². The monoisotopic (exact) mass is 389 g/mol. The molecule has 0 saturated carbocycles. The van der Waals surface area contributed by atoms with E-state index in [1.807, 2.05) is 56.3 Å². The topological polar surface area (TPSA) is 64.1 Å². The van der Waals surface area contributed by atoms with Crippen molar-refractivity contribution in [2.75, 3.05) is 11.9 Å². The largest absolute Gasteiger partial charge is 0.493 e.